The topological polar surface area (TPSA) is 94.3 Å². The van der Waals surface area contributed by atoms with E-state index < -0.39 is 10.0 Å². The molecule has 1 aromatic heterocycles. The molecule has 0 saturated carbocycles. The van der Waals surface area contributed by atoms with E-state index >= 15 is 0 Å². The molecule has 0 aliphatic rings. The normalized spacial score (nSPS) is 11.1. The molecule has 3 N–H and O–H groups in total. The number of ether oxygens (including phenoxy) is 1. The Morgan fingerprint density at radius 1 is 1.30 bits per heavy atom. The van der Waals surface area contributed by atoms with Crippen LogP contribution in [0.1, 0.15) is 5.56 Å². The first-order chi connectivity index (χ1) is 9.49. The van der Waals surface area contributed by atoms with Crippen molar-refractivity contribution in [1.82, 2.24) is 4.98 Å². The molecule has 0 fully saturated rings. The van der Waals surface area contributed by atoms with Gasteiger partial charge >= 0.3 is 0 Å². The van der Waals surface area contributed by atoms with Gasteiger partial charge in [0, 0.05) is 24.5 Å². The van der Waals surface area contributed by atoms with Crippen LogP contribution in [0.4, 0.5) is 5.69 Å². The molecule has 0 unspecified atom stereocenters. The molecule has 7 heteroatoms. The van der Waals surface area contributed by atoms with Gasteiger partial charge in [-0.2, -0.15) is 0 Å². The summed E-state index contributed by atoms with van der Waals surface area (Å²) in [6.45, 7) is 0.519. The van der Waals surface area contributed by atoms with Gasteiger partial charge in [0.2, 0.25) is 15.9 Å². The largest absolute Gasteiger partial charge is 0.481 e. The summed E-state index contributed by atoms with van der Waals surface area (Å²) in [7, 11) is -2.13. The highest BCUT2D eigenvalue weighted by atomic mass is 32.2. The fourth-order valence-corrected chi connectivity index (χ4v) is 2.18. The van der Waals surface area contributed by atoms with Crippen molar-refractivity contribution in [2.45, 2.75) is 11.4 Å². The van der Waals surface area contributed by atoms with Crippen molar-refractivity contribution < 1.29 is 13.2 Å². The van der Waals surface area contributed by atoms with E-state index in [1.54, 1.807) is 31.5 Å². The molecular weight excluding hydrogens is 278 g/mol. The van der Waals surface area contributed by atoms with E-state index in [1.165, 1.54) is 12.1 Å². The molecule has 0 bridgehead atoms. The van der Waals surface area contributed by atoms with Gasteiger partial charge in [0.05, 0.1) is 12.0 Å². The van der Waals surface area contributed by atoms with Crippen LogP contribution in [0.5, 0.6) is 5.88 Å². The number of nitrogens with one attached hydrogen (secondary N) is 1. The number of hydrogen-bond acceptors (Lipinski definition) is 5. The number of anilines is 1. The molecule has 0 amide bonds. The maximum absolute atomic E-state index is 11.3. The Labute approximate surface area is 117 Å². The smallest absolute Gasteiger partial charge is 0.238 e. The maximum atomic E-state index is 11.3. The summed E-state index contributed by atoms with van der Waals surface area (Å²) in [4.78, 5) is 4.17. The molecule has 20 heavy (non-hydrogen) atoms. The third-order valence-electron chi connectivity index (χ3n) is 2.67. The zero-order valence-corrected chi connectivity index (χ0v) is 11.7. The summed E-state index contributed by atoms with van der Waals surface area (Å²) >= 11 is 0. The zero-order chi connectivity index (χ0) is 14.6. The number of rotatable bonds is 5. The highest BCUT2D eigenvalue weighted by molar-refractivity contribution is 7.89. The molecule has 1 heterocycles. The van der Waals surface area contributed by atoms with Gasteiger partial charge in [-0.25, -0.2) is 18.5 Å². The number of aromatic nitrogens is 1. The average Bonchev–Trinajstić information content (AvgIpc) is 2.45. The number of nitrogens with zero attached hydrogens (tertiary/aromatic N) is 1. The van der Waals surface area contributed by atoms with Crippen molar-refractivity contribution >= 4 is 15.7 Å². The Kier molecular flexibility index (Phi) is 4.21. The lowest BCUT2D eigenvalue weighted by molar-refractivity contribution is 0.397. The van der Waals surface area contributed by atoms with Gasteiger partial charge in [0.25, 0.3) is 0 Å². The maximum Gasteiger partial charge on any atom is 0.238 e. The first kappa shape index (κ1) is 14.3. The average molecular weight is 293 g/mol. The molecule has 6 nitrogen and oxygen atoms in total. The van der Waals surface area contributed by atoms with E-state index in [0.717, 1.165) is 5.56 Å². The van der Waals surface area contributed by atoms with E-state index in [1.807, 2.05) is 6.07 Å². The summed E-state index contributed by atoms with van der Waals surface area (Å²) in [6.07, 6.45) is 1.69. The van der Waals surface area contributed by atoms with Gasteiger partial charge in [-0.05, 0) is 23.8 Å². The van der Waals surface area contributed by atoms with Gasteiger partial charge in [-0.3, -0.25) is 0 Å². The second kappa shape index (κ2) is 5.89. The fourth-order valence-electron chi connectivity index (χ4n) is 1.62. The van der Waals surface area contributed by atoms with Crippen LogP contribution in [0, 0.1) is 0 Å². The molecular formula is C13H15N3O3S. The molecule has 2 rings (SSSR count). The minimum Gasteiger partial charge on any atom is -0.481 e. The number of benzene rings is 1. The van der Waals surface area contributed by atoms with E-state index in [9.17, 15) is 8.42 Å². The second-order valence-corrected chi connectivity index (χ2v) is 5.70. The number of methoxy groups -OCH3 is 1. The minimum atomic E-state index is -3.69. The Bertz CT molecular complexity index is 684. The number of primary sulfonamides is 1. The van der Waals surface area contributed by atoms with Gasteiger partial charge < -0.3 is 10.1 Å². The van der Waals surface area contributed by atoms with E-state index in [4.69, 9.17) is 9.88 Å². The first-order valence-corrected chi connectivity index (χ1v) is 7.39. The first-order valence-electron chi connectivity index (χ1n) is 5.85. The Morgan fingerprint density at radius 3 is 2.70 bits per heavy atom. The Balaban J connectivity index is 2.07. The molecule has 0 radical (unpaired) electrons. The van der Waals surface area contributed by atoms with Crippen molar-refractivity contribution in [2.24, 2.45) is 5.14 Å². The predicted octanol–water partition coefficient (Wildman–Crippen LogP) is 1.35. The second-order valence-electron chi connectivity index (χ2n) is 4.14. The van der Waals surface area contributed by atoms with Crippen LogP contribution in [0.25, 0.3) is 0 Å². The number of hydrogen-bond donors (Lipinski definition) is 2. The van der Waals surface area contributed by atoms with E-state index in [-0.39, 0.29) is 4.90 Å². The van der Waals surface area contributed by atoms with Gasteiger partial charge in [-0.1, -0.05) is 12.1 Å². The molecule has 1 aromatic carbocycles. The van der Waals surface area contributed by atoms with Crippen LogP contribution in [0.15, 0.2) is 47.5 Å². The van der Waals surface area contributed by atoms with Gasteiger partial charge in [0.15, 0.2) is 0 Å². The van der Waals surface area contributed by atoms with E-state index in [2.05, 4.69) is 10.3 Å². The molecule has 0 aliphatic carbocycles. The van der Waals surface area contributed by atoms with Crippen LogP contribution < -0.4 is 15.2 Å². The molecule has 0 saturated heterocycles. The summed E-state index contributed by atoms with van der Waals surface area (Å²) < 4.78 is 27.5. The molecule has 0 aliphatic heterocycles. The lowest BCUT2D eigenvalue weighted by Gasteiger charge is -2.08. The van der Waals surface area contributed by atoms with Crippen molar-refractivity contribution in [3.8, 4) is 5.88 Å². The fraction of sp³-hybridized carbons (Fsp3) is 0.154. The third kappa shape index (κ3) is 3.69. The van der Waals surface area contributed by atoms with Gasteiger partial charge in [-0.15, -0.1) is 0 Å². The van der Waals surface area contributed by atoms with Crippen molar-refractivity contribution in [1.29, 1.82) is 0 Å². The number of pyridine rings is 1. The number of nitrogens with two attached hydrogens (primary N) is 1. The SMILES string of the molecule is COc1ccc(CNc2cccc(S(N)(=O)=O)c2)cn1. The summed E-state index contributed by atoms with van der Waals surface area (Å²) in [5.41, 5.74) is 1.62. The molecule has 0 atom stereocenters. The van der Waals surface area contributed by atoms with E-state index in [0.29, 0.717) is 18.1 Å². The minimum absolute atomic E-state index is 0.0790. The predicted molar refractivity (Wildman–Crippen MR) is 75.9 cm³/mol. The van der Waals surface area contributed by atoms with Crippen LogP contribution in [-0.4, -0.2) is 20.5 Å². The van der Waals surface area contributed by atoms with Crippen LogP contribution in [-0.2, 0) is 16.6 Å². The van der Waals surface area contributed by atoms with Crippen LogP contribution in [0.3, 0.4) is 0 Å². The van der Waals surface area contributed by atoms with Crippen molar-refractivity contribution in [3.05, 3.63) is 48.2 Å². The lowest BCUT2D eigenvalue weighted by Crippen LogP contribution is -2.12. The Hall–Kier alpha value is -2.12. The monoisotopic (exact) mass is 293 g/mol. The van der Waals surface area contributed by atoms with Crippen LogP contribution in [0.2, 0.25) is 0 Å². The highest BCUT2D eigenvalue weighted by Gasteiger charge is 2.07. The zero-order valence-electron chi connectivity index (χ0n) is 10.9. The summed E-state index contributed by atoms with van der Waals surface area (Å²) in [5.74, 6) is 0.546. The van der Waals surface area contributed by atoms with Crippen molar-refractivity contribution in [3.63, 3.8) is 0 Å². The highest BCUT2D eigenvalue weighted by Crippen LogP contribution is 2.15. The quantitative estimate of drug-likeness (QED) is 0.867. The standard InChI is InChI=1S/C13H15N3O3S/c1-19-13-6-5-10(9-16-13)8-15-11-3-2-4-12(7-11)20(14,17)18/h2-7,9,15H,8H2,1H3,(H2,14,17,18). The van der Waals surface area contributed by atoms with Crippen LogP contribution >= 0.6 is 0 Å². The molecule has 2 aromatic rings. The van der Waals surface area contributed by atoms with Crippen molar-refractivity contribution in [2.75, 3.05) is 12.4 Å². The molecule has 106 valence electrons. The third-order valence-corrected chi connectivity index (χ3v) is 3.58. The molecule has 0 spiro atoms. The number of sulfonamides is 1. The Morgan fingerprint density at radius 2 is 2.10 bits per heavy atom. The summed E-state index contributed by atoms with van der Waals surface area (Å²) in [5, 5.41) is 8.20. The lowest BCUT2D eigenvalue weighted by atomic mass is 10.2. The van der Waals surface area contributed by atoms with Gasteiger partial charge in [0.1, 0.15) is 0 Å². The summed E-state index contributed by atoms with van der Waals surface area (Å²) in [6, 6.07) is 9.99.